The molecule has 2 rings (SSSR count). The lowest BCUT2D eigenvalue weighted by molar-refractivity contribution is 0.276. The van der Waals surface area contributed by atoms with E-state index in [1.165, 1.54) is 25.5 Å². The highest BCUT2D eigenvalue weighted by Crippen LogP contribution is 2.21. The summed E-state index contributed by atoms with van der Waals surface area (Å²) in [6, 6.07) is 0.660. The van der Waals surface area contributed by atoms with Gasteiger partial charge in [-0.25, -0.2) is 0 Å². The van der Waals surface area contributed by atoms with E-state index < -0.39 is 0 Å². The van der Waals surface area contributed by atoms with Crippen LogP contribution in [0.1, 0.15) is 31.9 Å². The molecule has 0 radical (unpaired) electrons. The molecule has 84 valence electrons. The number of aliphatic hydroxyl groups is 1. The number of aromatic nitrogens is 1. The molecular weight excluding hydrogens is 192 g/mol. The van der Waals surface area contributed by atoms with E-state index in [4.69, 9.17) is 9.52 Å². The lowest BCUT2D eigenvalue weighted by Gasteiger charge is -2.17. The minimum absolute atomic E-state index is 0.0479. The zero-order valence-corrected chi connectivity index (χ0v) is 9.15. The van der Waals surface area contributed by atoms with Crippen molar-refractivity contribution in [1.29, 1.82) is 0 Å². The van der Waals surface area contributed by atoms with Gasteiger partial charge in [0.1, 0.15) is 12.0 Å². The molecule has 4 nitrogen and oxygen atoms in total. The molecule has 1 fully saturated rings. The molecule has 0 saturated carbocycles. The molecule has 4 heteroatoms. The van der Waals surface area contributed by atoms with E-state index in [2.05, 4.69) is 16.8 Å². The second kappa shape index (κ2) is 4.66. The number of anilines is 1. The first-order chi connectivity index (χ1) is 7.29. The summed E-state index contributed by atoms with van der Waals surface area (Å²) in [6.07, 6.45) is 5.20. The van der Waals surface area contributed by atoms with Crippen molar-refractivity contribution in [3.05, 3.63) is 12.0 Å². The molecule has 1 aliphatic heterocycles. The van der Waals surface area contributed by atoms with Crippen LogP contribution in [-0.2, 0) is 6.61 Å². The summed E-state index contributed by atoms with van der Waals surface area (Å²) < 4.78 is 5.34. The predicted molar refractivity (Wildman–Crippen MR) is 57.7 cm³/mol. The van der Waals surface area contributed by atoms with Crippen LogP contribution in [0.4, 0.5) is 6.01 Å². The number of aliphatic hydroxyl groups excluding tert-OH is 1. The van der Waals surface area contributed by atoms with E-state index in [1.54, 1.807) is 0 Å². The molecule has 1 aromatic heterocycles. The van der Waals surface area contributed by atoms with Crippen LogP contribution < -0.4 is 4.90 Å². The SMILES string of the molecule is CC1CCCN(c2nc(CO)co2)CC1. The number of nitrogens with zero attached hydrogens (tertiary/aromatic N) is 2. The fourth-order valence-electron chi connectivity index (χ4n) is 1.97. The summed E-state index contributed by atoms with van der Waals surface area (Å²) in [5, 5.41) is 8.91. The van der Waals surface area contributed by atoms with Crippen molar-refractivity contribution in [2.45, 2.75) is 32.8 Å². The molecular formula is C11H18N2O2. The van der Waals surface area contributed by atoms with Gasteiger partial charge in [0.2, 0.25) is 0 Å². The van der Waals surface area contributed by atoms with Gasteiger partial charge >= 0.3 is 0 Å². The van der Waals surface area contributed by atoms with Crippen LogP contribution in [0.25, 0.3) is 0 Å². The van der Waals surface area contributed by atoms with E-state index in [0.29, 0.717) is 11.7 Å². The third-order valence-electron chi connectivity index (χ3n) is 2.99. The van der Waals surface area contributed by atoms with Gasteiger partial charge in [-0.1, -0.05) is 6.92 Å². The van der Waals surface area contributed by atoms with Crippen LogP contribution in [0, 0.1) is 5.92 Å². The summed E-state index contributed by atoms with van der Waals surface area (Å²) >= 11 is 0. The van der Waals surface area contributed by atoms with Crippen LogP contribution in [0.2, 0.25) is 0 Å². The highest BCUT2D eigenvalue weighted by Gasteiger charge is 2.17. The van der Waals surface area contributed by atoms with Crippen molar-refractivity contribution < 1.29 is 9.52 Å². The average molecular weight is 210 g/mol. The first-order valence-corrected chi connectivity index (χ1v) is 5.60. The molecule has 1 atom stereocenters. The van der Waals surface area contributed by atoms with E-state index in [-0.39, 0.29) is 6.61 Å². The van der Waals surface area contributed by atoms with E-state index in [1.807, 2.05) is 0 Å². The molecule has 0 spiro atoms. The second-order valence-electron chi connectivity index (χ2n) is 4.30. The molecule has 2 heterocycles. The summed E-state index contributed by atoms with van der Waals surface area (Å²) in [7, 11) is 0. The molecule has 1 N–H and O–H groups in total. The smallest absolute Gasteiger partial charge is 0.297 e. The molecule has 0 aromatic carbocycles. The quantitative estimate of drug-likeness (QED) is 0.808. The van der Waals surface area contributed by atoms with E-state index in [0.717, 1.165) is 19.0 Å². The van der Waals surface area contributed by atoms with Gasteiger partial charge in [0.05, 0.1) is 6.61 Å². The monoisotopic (exact) mass is 210 g/mol. The number of rotatable bonds is 2. The molecule has 1 aromatic rings. The van der Waals surface area contributed by atoms with Gasteiger partial charge in [-0.15, -0.1) is 0 Å². The summed E-state index contributed by atoms with van der Waals surface area (Å²) in [6.45, 7) is 4.26. The number of hydrogen-bond donors (Lipinski definition) is 1. The minimum Gasteiger partial charge on any atom is -0.432 e. The fourth-order valence-corrected chi connectivity index (χ4v) is 1.97. The Morgan fingerprint density at radius 2 is 2.40 bits per heavy atom. The topological polar surface area (TPSA) is 49.5 Å². The maximum Gasteiger partial charge on any atom is 0.297 e. The predicted octanol–water partition coefficient (Wildman–Crippen LogP) is 1.79. The zero-order valence-electron chi connectivity index (χ0n) is 9.15. The van der Waals surface area contributed by atoms with Crippen molar-refractivity contribution in [2.24, 2.45) is 5.92 Å². The summed E-state index contributed by atoms with van der Waals surface area (Å²) in [4.78, 5) is 6.40. The highest BCUT2D eigenvalue weighted by molar-refractivity contribution is 5.26. The van der Waals surface area contributed by atoms with Gasteiger partial charge in [0.15, 0.2) is 0 Å². The fraction of sp³-hybridized carbons (Fsp3) is 0.727. The van der Waals surface area contributed by atoms with Crippen LogP contribution in [0.5, 0.6) is 0 Å². The van der Waals surface area contributed by atoms with E-state index in [9.17, 15) is 0 Å². The Morgan fingerprint density at radius 1 is 1.53 bits per heavy atom. The van der Waals surface area contributed by atoms with Crippen molar-refractivity contribution >= 4 is 6.01 Å². The van der Waals surface area contributed by atoms with Gasteiger partial charge in [0, 0.05) is 13.1 Å². The molecule has 0 amide bonds. The third kappa shape index (κ3) is 2.50. The minimum atomic E-state index is -0.0479. The van der Waals surface area contributed by atoms with Gasteiger partial charge in [0.25, 0.3) is 6.01 Å². The Hall–Kier alpha value is -1.03. The zero-order chi connectivity index (χ0) is 10.7. The maximum absolute atomic E-state index is 8.91. The van der Waals surface area contributed by atoms with E-state index >= 15 is 0 Å². The maximum atomic E-state index is 8.91. The second-order valence-corrected chi connectivity index (χ2v) is 4.30. The van der Waals surface area contributed by atoms with Crippen LogP contribution in [0.3, 0.4) is 0 Å². The standard InChI is InChI=1S/C11H18N2O2/c1-9-3-2-5-13(6-4-9)11-12-10(7-14)8-15-11/h8-9,14H,2-7H2,1H3. The van der Waals surface area contributed by atoms with Crippen molar-refractivity contribution in [3.63, 3.8) is 0 Å². The molecule has 1 saturated heterocycles. The van der Waals surface area contributed by atoms with Gasteiger partial charge in [-0.2, -0.15) is 4.98 Å². The molecule has 0 aliphatic carbocycles. The number of oxazole rings is 1. The largest absolute Gasteiger partial charge is 0.432 e. The molecule has 1 unspecified atom stereocenters. The van der Waals surface area contributed by atoms with Crippen molar-refractivity contribution in [1.82, 2.24) is 4.98 Å². The van der Waals surface area contributed by atoms with Gasteiger partial charge < -0.3 is 14.4 Å². The molecule has 1 aliphatic rings. The lowest BCUT2D eigenvalue weighted by atomic mass is 10.0. The number of hydrogen-bond acceptors (Lipinski definition) is 4. The Bertz CT molecular complexity index is 311. The average Bonchev–Trinajstić information content (AvgIpc) is 2.62. The Morgan fingerprint density at radius 3 is 3.13 bits per heavy atom. The summed E-state index contributed by atoms with van der Waals surface area (Å²) in [5.41, 5.74) is 0.613. The van der Waals surface area contributed by atoms with Crippen molar-refractivity contribution in [2.75, 3.05) is 18.0 Å². The normalized spacial score (nSPS) is 22.8. The van der Waals surface area contributed by atoms with Crippen LogP contribution >= 0.6 is 0 Å². The van der Waals surface area contributed by atoms with Crippen molar-refractivity contribution in [3.8, 4) is 0 Å². The van der Waals surface area contributed by atoms with Crippen LogP contribution in [-0.4, -0.2) is 23.2 Å². The molecule has 15 heavy (non-hydrogen) atoms. The summed E-state index contributed by atoms with van der Waals surface area (Å²) in [5.74, 6) is 0.794. The molecule has 0 bridgehead atoms. The highest BCUT2D eigenvalue weighted by atomic mass is 16.4. The first-order valence-electron chi connectivity index (χ1n) is 5.60. The van der Waals surface area contributed by atoms with Crippen LogP contribution in [0.15, 0.2) is 10.7 Å². The first kappa shape index (κ1) is 10.5. The Kier molecular flexibility index (Phi) is 3.26. The Labute approximate surface area is 89.9 Å². The van der Waals surface area contributed by atoms with Gasteiger partial charge in [-0.05, 0) is 25.2 Å². The van der Waals surface area contributed by atoms with Gasteiger partial charge in [-0.3, -0.25) is 0 Å². The lowest BCUT2D eigenvalue weighted by Crippen LogP contribution is -2.24. The third-order valence-corrected chi connectivity index (χ3v) is 2.99. The Balaban J connectivity index is 2.03.